The van der Waals surface area contributed by atoms with Gasteiger partial charge in [0.05, 0.1) is 10.7 Å². The van der Waals surface area contributed by atoms with Gasteiger partial charge in [-0.25, -0.2) is 18.0 Å². The molecule has 0 bridgehead atoms. The number of halogens is 11. The molecule has 2 rings (SSSR count). The van der Waals surface area contributed by atoms with Crippen LogP contribution in [0, 0.1) is 17.5 Å². The highest BCUT2D eigenvalue weighted by Gasteiger charge is 2.74. The minimum absolute atomic E-state index is 0.0698. The van der Waals surface area contributed by atoms with Crippen molar-refractivity contribution in [1.82, 2.24) is 5.32 Å². The van der Waals surface area contributed by atoms with Gasteiger partial charge >= 0.3 is 24.1 Å². The van der Waals surface area contributed by atoms with E-state index in [9.17, 15) is 53.5 Å². The summed E-state index contributed by atoms with van der Waals surface area (Å²) in [5, 5.41) is 1.38. The molecule has 0 aliphatic rings. The predicted molar refractivity (Wildman–Crippen MR) is 89.1 cm³/mol. The van der Waals surface area contributed by atoms with Gasteiger partial charge < -0.3 is 5.32 Å². The maximum Gasteiger partial charge on any atom is 0.460 e. The lowest BCUT2D eigenvalue weighted by molar-refractivity contribution is -0.359. The fourth-order valence-electron chi connectivity index (χ4n) is 2.26. The maximum absolute atomic E-state index is 14.0. The fourth-order valence-corrected chi connectivity index (χ4v) is 2.55. The van der Waals surface area contributed by atoms with E-state index in [-0.39, 0.29) is 6.07 Å². The molecule has 0 aromatic heterocycles. The molecule has 2 aromatic carbocycles. The van der Waals surface area contributed by atoms with Crippen LogP contribution in [-0.4, -0.2) is 24.0 Å². The van der Waals surface area contributed by atoms with E-state index in [1.54, 1.807) is 0 Å². The number of hydrogen-bond donors (Lipinski definition) is 2. The molecule has 0 heterocycles. The number of carbonyl (C=O) groups is 2. The lowest BCUT2D eigenvalue weighted by Crippen LogP contribution is -2.50. The topological polar surface area (TPSA) is 58.2 Å². The van der Waals surface area contributed by atoms with Gasteiger partial charge in [-0.05, 0) is 24.3 Å². The molecule has 0 spiro atoms. The molecule has 0 saturated heterocycles. The van der Waals surface area contributed by atoms with Crippen LogP contribution in [0.1, 0.15) is 15.9 Å². The number of anilines is 1. The van der Waals surface area contributed by atoms with Crippen molar-refractivity contribution in [2.24, 2.45) is 0 Å². The van der Waals surface area contributed by atoms with Gasteiger partial charge in [-0.15, -0.1) is 0 Å². The molecule has 0 saturated carbocycles. The number of benzene rings is 2. The van der Waals surface area contributed by atoms with Crippen molar-refractivity contribution in [2.45, 2.75) is 18.0 Å². The summed E-state index contributed by atoms with van der Waals surface area (Å²) < 4.78 is 132. The van der Waals surface area contributed by atoms with Crippen molar-refractivity contribution in [2.75, 3.05) is 5.32 Å². The van der Waals surface area contributed by atoms with Crippen molar-refractivity contribution in [1.29, 1.82) is 0 Å². The molecule has 2 aromatic rings. The molecular formula is C17H7ClF10N2O2. The Morgan fingerprint density at radius 1 is 0.844 bits per heavy atom. The number of rotatable bonds is 4. The van der Waals surface area contributed by atoms with Crippen LogP contribution < -0.4 is 10.6 Å². The predicted octanol–water partition coefficient (Wildman–Crippen LogP) is 6.01. The number of hydrogen-bond acceptors (Lipinski definition) is 2. The van der Waals surface area contributed by atoms with E-state index in [1.165, 1.54) is 10.6 Å². The molecule has 0 radical (unpaired) electrons. The van der Waals surface area contributed by atoms with Crippen molar-refractivity contribution < 1.29 is 53.5 Å². The van der Waals surface area contributed by atoms with Gasteiger partial charge in [-0.1, -0.05) is 17.7 Å². The third-order valence-corrected chi connectivity index (χ3v) is 4.12. The van der Waals surface area contributed by atoms with Crippen LogP contribution in [0.5, 0.6) is 0 Å². The highest BCUT2D eigenvalue weighted by molar-refractivity contribution is 6.31. The van der Waals surface area contributed by atoms with Gasteiger partial charge in [0.15, 0.2) is 0 Å². The Bertz CT molecular complexity index is 1050. The number of alkyl halides is 7. The van der Waals surface area contributed by atoms with Crippen LogP contribution >= 0.6 is 11.6 Å². The largest absolute Gasteiger partial charge is 0.460 e. The van der Waals surface area contributed by atoms with E-state index in [2.05, 4.69) is 0 Å². The fraction of sp³-hybridized carbons (Fsp3) is 0.176. The Morgan fingerprint density at radius 3 is 1.88 bits per heavy atom. The second-order valence-electron chi connectivity index (χ2n) is 5.96. The molecule has 3 amide bonds. The maximum atomic E-state index is 14.0. The third kappa shape index (κ3) is 4.59. The van der Waals surface area contributed by atoms with Gasteiger partial charge in [-0.3, -0.25) is 10.1 Å². The second-order valence-corrected chi connectivity index (χ2v) is 6.37. The Kier molecular flexibility index (Phi) is 6.69. The number of imide groups is 1. The van der Waals surface area contributed by atoms with Crippen molar-refractivity contribution >= 4 is 29.2 Å². The molecule has 174 valence electrons. The van der Waals surface area contributed by atoms with E-state index in [4.69, 9.17) is 11.6 Å². The normalized spacial score (nSPS) is 12.5. The first-order valence-electron chi connectivity index (χ1n) is 7.89. The van der Waals surface area contributed by atoms with E-state index >= 15 is 0 Å². The SMILES string of the molecule is O=C(NC(=O)c1c(F)cccc1F)Nc1cc(Cl)c(C(F)(F)C(F)(F)C(F)(F)F)cc1F. The molecule has 0 aliphatic carbocycles. The summed E-state index contributed by atoms with van der Waals surface area (Å²) in [4.78, 5) is 23.5. The first-order chi connectivity index (χ1) is 14.5. The highest BCUT2D eigenvalue weighted by atomic mass is 35.5. The summed E-state index contributed by atoms with van der Waals surface area (Å²) in [7, 11) is 0. The number of nitrogens with one attached hydrogen (secondary N) is 2. The monoisotopic (exact) mass is 496 g/mol. The van der Waals surface area contributed by atoms with Crippen molar-refractivity contribution in [3.8, 4) is 0 Å². The third-order valence-electron chi connectivity index (χ3n) is 3.81. The Labute approximate surface area is 176 Å². The van der Waals surface area contributed by atoms with Gasteiger partial charge in [-0.2, -0.15) is 30.7 Å². The van der Waals surface area contributed by atoms with E-state index in [1.807, 2.05) is 0 Å². The first-order valence-corrected chi connectivity index (χ1v) is 8.26. The number of carbonyl (C=O) groups excluding carboxylic acids is 2. The van der Waals surface area contributed by atoms with Crippen LogP contribution in [0.15, 0.2) is 30.3 Å². The van der Waals surface area contributed by atoms with Crippen LogP contribution in [-0.2, 0) is 5.92 Å². The summed E-state index contributed by atoms with van der Waals surface area (Å²) in [6, 6.07) is 0.165. The van der Waals surface area contributed by atoms with Crippen molar-refractivity contribution in [3.63, 3.8) is 0 Å². The molecule has 32 heavy (non-hydrogen) atoms. The molecule has 0 aliphatic heterocycles. The van der Waals surface area contributed by atoms with Gasteiger partial charge in [0, 0.05) is 5.56 Å². The zero-order valence-corrected chi connectivity index (χ0v) is 15.6. The Hall–Kier alpha value is -3.03. The zero-order valence-electron chi connectivity index (χ0n) is 14.9. The summed E-state index contributed by atoms with van der Waals surface area (Å²) in [5.41, 5.74) is -4.58. The lowest BCUT2D eigenvalue weighted by Gasteiger charge is -2.29. The molecule has 2 N–H and O–H groups in total. The molecule has 4 nitrogen and oxygen atoms in total. The Morgan fingerprint density at radius 2 is 1.38 bits per heavy atom. The molecular weight excluding hydrogens is 490 g/mol. The molecule has 0 atom stereocenters. The average Bonchev–Trinajstić information content (AvgIpc) is 2.62. The van der Waals surface area contributed by atoms with Crippen molar-refractivity contribution in [3.05, 3.63) is 63.9 Å². The summed E-state index contributed by atoms with van der Waals surface area (Å²) in [5.74, 6) is -19.0. The van der Waals surface area contributed by atoms with Crippen LogP contribution in [0.25, 0.3) is 0 Å². The molecule has 0 fully saturated rings. The summed E-state index contributed by atoms with van der Waals surface area (Å²) >= 11 is 5.28. The Balaban J connectivity index is 2.29. The first kappa shape index (κ1) is 25.2. The summed E-state index contributed by atoms with van der Waals surface area (Å²) in [6.07, 6.45) is -6.71. The van der Waals surface area contributed by atoms with E-state index < -0.39 is 75.3 Å². The molecule has 0 unspecified atom stereocenters. The highest BCUT2D eigenvalue weighted by Crippen LogP contribution is 2.53. The smallest absolute Gasteiger partial charge is 0.305 e. The minimum Gasteiger partial charge on any atom is -0.305 e. The average molecular weight is 497 g/mol. The lowest BCUT2D eigenvalue weighted by atomic mass is 10.0. The minimum atomic E-state index is -6.71. The standard InChI is InChI=1S/C17H7ClF10N2O2/c18-7-5-11(10(21)4-6(7)15(22,23)16(24,25)17(26,27)28)29-14(32)30-13(31)12-8(19)2-1-3-9(12)20/h1-5H,(H2,29,30,31,32). The van der Waals surface area contributed by atoms with Gasteiger partial charge in [0.25, 0.3) is 5.91 Å². The van der Waals surface area contributed by atoms with Crippen LogP contribution in [0.2, 0.25) is 5.02 Å². The van der Waals surface area contributed by atoms with E-state index in [0.29, 0.717) is 12.1 Å². The zero-order chi connectivity index (χ0) is 24.6. The van der Waals surface area contributed by atoms with Gasteiger partial charge in [0.2, 0.25) is 0 Å². The number of amides is 3. The number of urea groups is 1. The van der Waals surface area contributed by atoms with E-state index in [0.717, 1.165) is 6.07 Å². The quantitative estimate of drug-likeness (QED) is 0.510. The van der Waals surface area contributed by atoms with Crippen LogP contribution in [0.3, 0.4) is 0 Å². The van der Waals surface area contributed by atoms with Gasteiger partial charge in [0.1, 0.15) is 23.0 Å². The van der Waals surface area contributed by atoms with Crippen LogP contribution in [0.4, 0.5) is 54.4 Å². The second kappa shape index (κ2) is 8.48. The summed E-state index contributed by atoms with van der Waals surface area (Å²) in [6.45, 7) is 0. The molecule has 15 heteroatoms.